The number of nitrogens with one attached hydrogen (secondary N) is 1. The highest BCUT2D eigenvalue weighted by Gasteiger charge is 2.28. The van der Waals surface area contributed by atoms with Gasteiger partial charge in [-0.1, -0.05) is 65.2 Å². The van der Waals surface area contributed by atoms with Crippen molar-refractivity contribution in [2.45, 2.75) is 45.6 Å². The minimum Gasteiger partial charge on any atom is -0.348 e. The Hall–Kier alpha value is -3.12. The number of sulfonamides is 1. The van der Waals surface area contributed by atoms with E-state index in [1.54, 1.807) is 30.3 Å². The summed E-state index contributed by atoms with van der Waals surface area (Å²) in [6.07, 6.45) is 0. The first-order valence-corrected chi connectivity index (χ1v) is 12.0. The van der Waals surface area contributed by atoms with Gasteiger partial charge in [0, 0.05) is 0 Å². The number of rotatable bonds is 7. The van der Waals surface area contributed by atoms with Crippen LogP contribution in [-0.2, 0) is 14.8 Å². The van der Waals surface area contributed by atoms with Crippen molar-refractivity contribution in [3.8, 4) is 0 Å². The Morgan fingerprint density at radius 3 is 1.94 bits per heavy atom. The van der Waals surface area contributed by atoms with E-state index < -0.39 is 10.0 Å². The van der Waals surface area contributed by atoms with Crippen LogP contribution >= 0.6 is 0 Å². The Bertz CT molecular complexity index is 1200. The topological polar surface area (TPSA) is 66.5 Å². The average molecular weight is 451 g/mol. The van der Waals surface area contributed by atoms with Gasteiger partial charge in [0.1, 0.15) is 6.54 Å². The minimum absolute atomic E-state index is 0.155. The van der Waals surface area contributed by atoms with E-state index in [4.69, 9.17) is 0 Å². The second-order valence-corrected chi connectivity index (χ2v) is 10.2. The maximum absolute atomic E-state index is 13.6. The Labute approximate surface area is 191 Å². The monoisotopic (exact) mass is 450 g/mol. The third-order valence-electron chi connectivity index (χ3n) is 5.47. The SMILES string of the molecule is Cc1ccc([C@@H](C)NC(=O)CN(c2ccc(C)cc2C)S(=O)(=O)c2ccc(C)cc2)cc1. The molecule has 5 nitrogen and oxygen atoms in total. The van der Waals surface area contributed by atoms with Crippen LogP contribution in [0, 0.1) is 27.7 Å². The zero-order chi connectivity index (χ0) is 23.5. The van der Waals surface area contributed by atoms with E-state index >= 15 is 0 Å². The van der Waals surface area contributed by atoms with Crippen LogP contribution in [0.3, 0.4) is 0 Å². The van der Waals surface area contributed by atoms with E-state index in [2.05, 4.69) is 5.32 Å². The van der Waals surface area contributed by atoms with Crippen LogP contribution in [0.2, 0.25) is 0 Å². The predicted molar refractivity (Wildman–Crippen MR) is 129 cm³/mol. The molecule has 0 aromatic heterocycles. The van der Waals surface area contributed by atoms with Gasteiger partial charge >= 0.3 is 0 Å². The fraction of sp³-hybridized carbons (Fsp3) is 0.269. The lowest BCUT2D eigenvalue weighted by Crippen LogP contribution is -2.42. The van der Waals surface area contributed by atoms with Gasteiger partial charge in [0.2, 0.25) is 5.91 Å². The lowest BCUT2D eigenvalue weighted by atomic mass is 10.1. The number of amides is 1. The summed E-state index contributed by atoms with van der Waals surface area (Å²) in [5, 5.41) is 2.93. The average Bonchev–Trinajstić information content (AvgIpc) is 2.73. The number of nitrogens with zero attached hydrogens (tertiary/aromatic N) is 1. The first-order valence-electron chi connectivity index (χ1n) is 10.6. The molecule has 168 valence electrons. The Balaban J connectivity index is 1.92. The molecular formula is C26H30N2O3S. The molecule has 0 fully saturated rings. The van der Waals surface area contributed by atoms with E-state index in [9.17, 15) is 13.2 Å². The number of aryl methyl sites for hydroxylation is 4. The number of anilines is 1. The molecule has 32 heavy (non-hydrogen) atoms. The highest BCUT2D eigenvalue weighted by molar-refractivity contribution is 7.92. The molecule has 0 saturated heterocycles. The van der Waals surface area contributed by atoms with Gasteiger partial charge in [0.05, 0.1) is 16.6 Å². The molecule has 0 aliphatic carbocycles. The molecule has 1 amide bonds. The van der Waals surface area contributed by atoms with Crippen LogP contribution in [-0.4, -0.2) is 20.9 Å². The van der Waals surface area contributed by atoms with E-state index in [0.717, 1.165) is 27.8 Å². The molecule has 1 N–H and O–H groups in total. The minimum atomic E-state index is -3.93. The Morgan fingerprint density at radius 2 is 1.38 bits per heavy atom. The lowest BCUT2D eigenvalue weighted by molar-refractivity contribution is -0.120. The van der Waals surface area contributed by atoms with Crippen molar-refractivity contribution in [2.24, 2.45) is 0 Å². The number of carbonyl (C=O) groups is 1. The molecule has 0 radical (unpaired) electrons. The van der Waals surface area contributed by atoms with Gasteiger partial charge < -0.3 is 5.32 Å². The third kappa shape index (κ3) is 5.37. The van der Waals surface area contributed by atoms with Gasteiger partial charge in [0.15, 0.2) is 0 Å². The van der Waals surface area contributed by atoms with E-state index in [1.165, 1.54) is 4.31 Å². The van der Waals surface area contributed by atoms with Gasteiger partial charge in [-0.25, -0.2) is 8.42 Å². The standard InChI is InChI=1S/C26H30N2O3S/c1-18-6-11-23(12-7-18)22(5)27-26(29)17-28(25-15-10-20(3)16-21(25)4)32(30,31)24-13-8-19(2)9-14-24/h6-16,22H,17H2,1-5H3,(H,27,29)/t22-/m1/s1. The van der Waals surface area contributed by atoms with Gasteiger partial charge in [-0.05, 0) is 63.9 Å². The highest BCUT2D eigenvalue weighted by Crippen LogP contribution is 2.28. The van der Waals surface area contributed by atoms with Crippen molar-refractivity contribution < 1.29 is 13.2 Å². The zero-order valence-electron chi connectivity index (χ0n) is 19.2. The maximum Gasteiger partial charge on any atom is 0.264 e. The fourth-order valence-corrected chi connectivity index (χ4v) is 5.06. The summed E-state index contributed by atoms with van der Waals surface area (Å²) in [7, 11) is -3.93. The number of carbonyl (C=O) groups excluding carboxylic acids is 1. The number of hydrogen-bond donors (Lipinski definition) is 1. The number of benzene rings is 3. The second kappa shape index (κ2) is 9.57. The Kier molecular flexibility index (Phi) is 7.04. The van der Waals surface area contributed by atoms with Gasteiger partial charge in [-0.15, -0.1) is 0 Å². The van der Waals surface area contributed by atoms with Crippen molar-refractivity contribution in [3.05, 3.63) is 94.5 Å². The van der Waals surface area contributed by atoms with Crippen LogP contribution in [0.1, 0.15) is 40.8 Å². The van der Waals surface area contributed by atoms with Crippen molar-refractivity contribution >= 4 is 21.6 Å². The third-order valence-corrected chi connectivity index (χ3v) is 7.25. The molecule has 0 spiro atoms. The van der Waals surface area contributed by atoms with Crippen molar-refractivity contribution in [1.82, 2.24) is 5.32 Å². The summed E-state index contributed by atoms with van der Waals surface area (Å²) in [5.74, 6) is -0.367. The molecule has 3 aromatic rings. The van der Waals surface area contributed by atoms with Crippen molar-refractivity contribution in [3.63, 3.8) is 0 Å². The number of hydrogen-bond acceptors (Lipinski definition) is 3. The van der Waals surface area contributed by atoms with Gasteiger partial charge in [0.25, 0.3) is 10.0 Å². The lowest BCUT2D eigenvalue weighted by Gasteiger charge is -2.26. The Morgan fingerprint density at radius 1 is 0.844 bits per heavy atom. The largest absolute Gasteiger partial charge is 0.348 e. The smallest absolute Gasteiger partial charge is 0.264 e. The fourth-order valence-electron chi connectivity index (χ4n) is 3.58. The summed E-state index contributed by atoms with van der Waals surface area (Å²) in [6.45, 7) is 9.29. The van der Waals surface area contributed by atoms with Crippen LogP contribution in [0.15, 0.2) is 71.6 Å². The van der Waals surface area contributed by atoms with Crippen molar-refractivity contribution in [2.75, 3.05) is 10.8 Å². The zero-order valence-corrected chi connectivity index (χ0v) is 20.0. The van der Waals surface area contributed by atoms with E-state index in [0.29, 0.717) is 5.69 Å². The molecule has 6 heteroatoms. The molecule has 0 heterocycles. The maximum atomic E-state index is 13.6. The second-order valence-electron chi connectivity index (χ2n) is 8.31. The quantitative estimate of drug-likeness (QED) is 0.551. The first-order chi connectivity index (χ1) is 15.1. The summed E-state index contributed by atoms with van der Waals surface area (Å²) in [4.78, 5) is 13.1. The van der Waals surface area contributed by atoms with E-state index in [1.807, 2.05) is 71.0 Å². The molecule has 0 unspecified atom stereocenters. The van der Waals surface area contributed by atoms with Crippen LogP contribution in [0.25, 0.3) is 0 Å². The molecule has 1 atom stereocenters. The molecule has 3 rings (SSSR count). The summed E-state index contributed by atoms with van der Waals surface area (Å²) >= 11 is 0. The summed E-state index contributed by atoms with van der Waals surface area (Å²) in [6, 6.07) is 19.9. The van der Waals surface area contributed by atoms with Crippen LogP contribution in [0.4, 0.5) is 5.69 Å². The van der Waals surface area contributed by atoms with Crippen molar-refractivity contribution in [1.29, 1.82) is 0 Å². The molecule has 0 saturated carbocycles. The summed E-state index contributed by atoms with van der Waals surface area (Å²) < 4.78 is 28.3. The first kappa shape index (κ1) is 23.5. The van der Waals surface area contributed by atoms with Crippen LogP contribution in [0.5, 0.6) is 0 Å². The molecular weight excluding hydrogens is 420 g/mol. The molecule has 0 aliphatic heterocycles. The predicted octanol–water partition coefficient (Wildman–Crippen LogP) is 4.99. The van der Waals surface area contributed by atoms with Crippen LogP contribution < -0.4 is 9.62 Å². The van der Waals surface area contributed by atoms with Gasteiger partial charge in [-0.2, -0.15) is 0 Å². The molecule has 3 aromatic carbocycles. The molecule has 0 bridgehead atoms. The summed E-state index contributed by atoms with van der Waals surface area (Å²) in [5.41, 5.74) is 5.37. The highest BCUT2D eigenvalue weighted by atomic mass is 32.2. The van der Waals surface area contributed by atoms with E-state index in [-0.39, 0.29) is 23.4 Å². The normalized spacial score (nSPS) is 12.3. The molecule has 0 aliphatic rings. The van der Waals surface area contributed by atoms with Gasteiger partial charge in [-0.3, -0.25) is 9.10 Å².